The lowest BCUT2D eigenvalue weighted by molar-refractivity contribution is 0.145. The van der Waals surface area contributed by atoms with Crippen molar-refractivity contribution >= 4 is 5.82 Å². The number of nitrogens with zero attached hydrogens (tertiary/aromatic N) is 3. The van der Waals surface area contributed by atoms with Crippen LogP contribution >= 0.6 is 0 Å². The van der Waals surface area contributed by atoms with Crippen molar-refractivity contribution in [2.45, 2.75) is 44.6 Å². The zero-order chi connectivity index (χ0) is 11.7. The zero-order valence-electron chi connectivity index (χ0n) is 10.1. The van der Waals surface area contributed by atoms with E-state index in [2.05, 4.69) is 14.9 Å². The Bertz CT molecular complexity index is 400. The van der Waals surface area contributed by atoms with Gasteiger partial charge in [-0.3, -0.25) is 0 Å². The average molecular weight is 233 g/mol. The predicted octanol–water partition coefficient (Wildman–Crippen LogP) is 1.32. The first-order valence-electron chi connectivity index (χ1n) is 6.60. The SMILES string of the molecule is OC1CCN(c2ncnc3c2CCCC3)CC1. The van der Waals surface area contributed by atoms with E-state index in [1.165, 1.54) is 24.1 Å². The van der Waals surface area contributed by atoms with Crippen LogP contribution in [0.1, 0.15) is 36.9 Å². The summed E-state index contributed by atoms with van der Waals surface area (Å²) < 4.78 is 0. The molecular weight excluding hydrogens is 214 g/mol. The second-order valence-corrected chi connectivity index (χ2v) is 5.05. The summed E-state index contributed by atoms with van der Waals surface area (Å²) in [4.78, 5) is 11.2. The van der Waals surface area contributed by atoms with Crippen molar-refractivity contribution < 1.29 is 5.11 Å². The summed E-state index contributed by atoms with van der Waals surface area (Å²) in [5, 5.41) is 9.55. The summed E-state index contributed by atoms with van der Waals surface area (Å²) >= 11 is 0. The van der Waals surface area contributed by atoms with E-state index in [9.17, 15) is 5.11 Å². The molecule has 92 valence electrons. The Morgan fingerprint density at radius 3 is 2.71 bits per heavy atom. The Kier molecular flexibility index (Phi) is 2.97. The van der Waals surface area contributed by atoms with Crippen LogP contribution in [0.2, 0.25) is 0 Å². The Balaban J connectivity index is 1.87. The Hall–Kier alpha value is -1.16. The molecule has 3 rings (SSSR count). The molecule has 1 aliphatic carbocycles. The van der Waals surface area contributed by atoms with Crippen molar-refractivity contribution in [3.63, 3.8) is 0 Å². The summed E-state index contributed by atoms with van der Waals surface area (Å²) in [6, 6.07) is 0. The van der Waals surface area contributed by atoms with E-state index in [0.29, 0.717) is 0 Å². The van der Waals surface area contributed by atoms with Gasteiger partial charge in [-0.05, 0) is 38.5 Å². The van der Waals surface area contributed by atoms with Crippen molar-refractivity contribution in [3.05, 3.63) is 17.6 Å². The average Bonchev–Trinajstić information content (AvgIpc) is 2.39. The molecule has 1 N–H and O–H groups in total. The largest absolute Gasteiger partial charge is 0.393 e. The van der Waals surface area contributed by atoms with Crippen LogP contribution < -0.4 is 4.90 Å². The normalized spacial score (nSPS) is 21.4. The molecule has 1 saturated heterocycles. The van der Waals surface area contributed by atoms with Gasteiger partial charge in [-0.25, -0.2) is 9.97 Å². The quantitative estimate of drug-likeness (QED) is 0.794. The first-order chi connectivity index (χ1) is 8.34. The summed E-state index contributed by atoms with van der Waals surface area (Å²) in [5.74, 6) is 1.13. The molecule has 4 nitrogen and oxygen atoms in total. The molecule has 0 unspecified atom stereocenters. The van der Waals surface area contributed by atoms with Gasteiger partial charge in [0, 0.05) is 24.3 Å². The molecular formula is C13H19N3O. The lowest BCUT2D eigenvalue weighted by Gasteiger charge is -2.32. The van der Waals surface area contributed by atoms with E-state index in [-0.39, 0.29) is 6.10 Å². The van der Waals surface area contributed by atoms with Gasteiger partial charge in [-0.2, -0.15) is 0 Å². The maximum atomic E-state index is 9.55. The van der Waals surface area contributed by atoms with Crippen molar-refractivity contribution in [2.75, 3.05) is 18.0 Å². The van der Waals surface area contributed by atoms with Gasteiger partial charge in [0.25, 0.3) is 0 Å². The number of rotatable bonds is 1. The Morgan fingerprint density at radius 1 is 1.12 bits per heavy atom. The van der Waals surface area contributed by atoms with Gasteiger partial charge in [0.1, 0.15) is 12.1 Å². The first-order valence-corrected chi connectivity index (χ1v) is 6.60. The van der Waals surface area contributed by atoms with Crippen LogP contribution in [0.4, 0.5) is 5.82 Å². The van der Waals surface area contributed by atoms with Crippen LogP contribution in [0.15, 0.2) is 6.33 Å². The van der Waals surface area contributed by atoms with Gasteiger partial charge in [0.2, 0.25) is 0 Å². The topological polar surface area (TPSA) is 49.2 Å². The minimum absolute atomic E-state index is 0.121. The van der Waals surface area contributed by atoms with Gasteiger partial charge >= 0.3 is 0 Å². The number of aliphatic hydroxyl groups excluding tert-OH is 1. The fraction of sp³-hybridized carbons (Fsp3) is 0.692. The van der Waals surface area contributed by atoms with Crippen molar-refractivity contribution in [1.29, 1.82) is 0 Å². The van der Waals surface area contributed by atoms with Crippen molar-refractivity contribution in [1.82, 2.24) is 9.97 Å². The highest BCUT2D eigenvalue weighted by Gasteiger charge is 2.23. The highest BCUT2D eigenvalue weighted by atomic mass is 16.3. The molecule has 1 aliphatic heterocycles. The summed E-state index contributed by atoms with van der Waals surface area (Å²) in [5.41, 5.74) is 2.60. The number of piperidine rings is 1. The van der Waals surface area contributed by atoms with Gasteiger partial charge in [-0.15, -0.1) is 0 Å². The third kappa shape index (κ3) is 2.14. The molecule has 0 bridgehead atoms. The molecule has 0 aromatic carbocycles. The maximum Gasteiger partial charge on any atom is 0.135 e. The molecule has 0 atom stereocenters. The second-order valence-electron chi connectivity index (χ2n) is 5.05. The minimum atomic E-state index is -0.121. The number of anilines is 1. The molecule has 0 spiro atoms. The Morgan fingerprint density at radius 2 is 1.88 bits per heavy atom. The molecule has 1 aromatic rings. The fourth-order valence-electron chi connectivity index (χ4n) is 2.85. The third-order valence-corrected chi connectivity index (χ3v) is 3.87. The van der Waals surface area contributed by atoms with Crippen LogP contribution in [-0.4, -0.2) is 34.3 Å². The number of hydrogen-bond acceptors (Lipinski definition) is 4. The minimum Gasteiger partial charge on any atom is -0.393 e. The Labute approximate surface area is 102 Å². The number of aliphatic hydroxyl groups is 1. The molecule has 0 radical (unpaired) electrons. The van der Waals surface area contributed by atoms with Crippen LogP contribution in [0.3, 0.4) is 0 Å². The number of aromatic nitrogens is 2. The molecule has 0 amide bonds. The number of fused-ring (bicyclic) bond motifs is 1. The molecule has 17 heavy (non-hydrogen) atoms. The standard InChI is InChI=1S/C13H19N3O/c17-10-5-7-16(8-6-10)13-11-3-1-2-4-12(11)14-9-15-13/h9-10,17H,1-8H2. The van der Waals surface area contributed by atoms with Gasteiger partial charge in [0.15, 0.2) is 0 Å². The molecule has 2 aliphatic rings. The van der Waals surface area contributed by atoms with Crippen LogP contribution in [0.25, 0.3) is 0 Å². The van der Waals surface area contributed by atoms with Gasteiger partial charge in [0.05, 0.1) is 6.10 Å². The zero-order valence-corrected chi connectivity index (χ0v) is 10.1. The highest BCUT2D eigenvalue weighted by molar-refractivity contribution is 5.49. The van der Waals surface area contributed by atoms with Crippen molar-refractivity contribution in [3.8, 4) is 0 Å². The molecule has 0 saturated carbocycles. The number of hydrogen-bond donors (Lipinski definition) is 1. The van der Waals surface area contributed by atoms with E-state index >= 15 is 0 Å². The third-order valence-electron chi connectivity index (χ3n) is 3.87. The summed E-state index contributed by atoms with van der Waals surface area (Å²) in [6.45, 7) is 1.84. The lowest BCUT2D eigenvalue weighted by Crippen LogP contribution is -2.37. The summed E-state index contributed by atoms with van der Waals surface area (Å²) in [6.07, 6.45) is 8.02. The van der Waals surface area contributed by atoms with E-state index < -0.39 is 0 Å². The smallest absolute Gasteiger partial charge is 0.135 e. The van der Waals surface area contributed by atoms with Crippen LogP contribution in [0, 0.1) is 0 Å². The lowest BCUT2D eigenvalue weighted by atomic mass is 9.95. The molecule has 1 fully saturated rings. The van der Waals surface area contributed by atoms with E-state index in [0.717, 1.165) is 44.6 Å². The molecule has 2 heterocycles. The monoisotopic (exact) mass is 233 g/mol. The maximum absolute atomic E-state index is 9.55. The fourth-order valence-corrected chi connectivity index (χ4v) is 2.85. The van der Waals surface area contributed by atoms with E-state index in [1.54, 1.807) is 6.33 Å². The molecule has 4 heteroatoms. The number of aryl methyl sites for hydroxylation is 1. The van der Waals surface area contributed by atoms with Gasteiger partial charge < -0.3 is 10.0 Å². The van der Waals surface area contributed by atoms with Crippen molar-refractivity contribution in [2.24, 2.45) is 0 Å². The van der Waals surface area contributed by atoms with Crippen LogP contribution in [-0.2, 0) is 12.8 Å². The first kappa shape index (κ1) is 11.0. The van der Waals surface area contributed by atoms with E-state index in [4.69, 9.17) is 0 Å². The summed E-state index contributed by atoms with van der Waals surface area (Å²) in [7, 11) is 0. The van der Waals surface area contributed by atoms with Gasteiger partial charge in [-0.1, -0.05) is 0 Å². The second kappa shape index (κ2) is 4.61. The molecule has 1 aromatic heterocycles. The highest BCUT2D eigenvalue weighted by Crippen LogP contribution is 2.28. The predicted molar refractivity (Wildman–Crippen MR) is 66.1 cm³/mol. The van der Waals surface area contributed by atoms with Crippen LogP contribution in [0.5, 0.6) is 0 Å². The van der Waals surface area contributed by atoms with E-state index in [1.807, 2.05) is 0 Å².